The minimum atomic E-state index is -0.608. The monoisotopic (exact) mass is 307 g/mol. The van der Waals surface area contributed by atoms with Gasteiger partial charge in [-0.25, -0.2) is 4.79 Å². The Morgan fingerprint density at radius 1 is 1.31 bits per heavy atom. The first-order valence-corrected chi connectivity index (χ1v) is 4.90. The molecule has 0 aromatic heterocycles. The maximum absolute atomic E-state index is 10.5. The summed E-state index contributed by atoms with van der Waals surface area (Å²) in [7, 11) is 0. The summed E-state index contributed by atoms with van der Waals surface area (Å²) < 4.78 is 1.40. The number of hydrogen-bond donors (Lipinski definition) is 3. The summed E-state index contributed by atoms with van der Waals surface area (Å²) in [5, 5.41) is 2.44. The van der Waals surface area contributed by atoms with E-state index < -0.39 is 6.03 Å². The number of nitrogens with one attached hydrogen (secondary N) is 1. The van der Waals surface area contributed by atoms with Crippen molar-refractivity contribution in [3.05, 3.63) is 21.1 Å². The SMILES string of the molecule is NC(=O)Nc1cc(Br)c(N)c(Br)c1. The van der Waals surface area contributed by atoms with Crippen molar-refractivity contribution in [1.29, 1.82) is 0 Å². The number of primary amides is 1. The van der Waals surface area contributed by atoms with Gasteiger partial charge in [-0.2, -0.15) is 0 Å². The molecule has 2 amide bonds. The van der Waals surface area contributed by atoms with Gasteiger partial charge in [0.05, 0.1) is 5.69 Å². The molecule has 0 spiro atoms. The standard InChI is InChI=1S/C7H7Br2N3O/c8-4-1-3(12-7(11)13)2-5(9)6(4)10/h1-2H,10H2,(H3,11,12,13). The zero-order valence-electron chi connectivity index (χ0n) is 6.47. The molecule has 0 radical (unpaired) electrons. The van der Waals surface area contributed by atoms with Gasteiger partial charge in [0.1, 0.15) is 0 Å². The first-order chi connectivity index (χ1) is 6.00. The van der Waals surface area contributed by atoms with E-state index in [1.54, 1.807) is 12.1 Å². The highest BCUT2D eigenvalue weighted by molar-refractivity contribution is 9.11. The van der Waals surface area contributed by atoms with Crippen molar-refractivity contribution in [1.82, 2.24) is 0 Å². The van der Waals surface area contributed by atoms with E-state index in [9.17, 15) is 4.79 Å². The van der Waals surface area contributed by atoms with Gasteiger partial charge in [0.15, 0.2) is 0 Å². The molecule has 0 bridgehead atoms. The van der Waals surface area contributed by atoms with Crippen LogP contribution in [0.2, 0.25) is 0 Å². The number of rotatable bonds is 1. The molecule has 70 valence electrons. The van der Waals surface area contributed by atoms with Crippen LogP contribution < -0.4 is 16.8 Å². The molecule has 13 heavy (non-hydrogen) atoms. The Kier molecular flexibility index (Phi) is 3.16. The smallest absolute Gasteiger partial charge is 0.316 e. The van der Waals surface area contributed by atoms with Crippen molar-refractivity contribution in [2.75, 3.05) is 11.1 Å². The van der Waals surface area contributed by atoms with Gasteiger partial charge in [0, 0.05) is 14.6 Å². The van der Waals surface area contributed by atoms with Gasteiger partial charge < -0.3 is 16.8 Å². The zero-order chi connectivity index (χ0) is 10.0. The van der Waals surface area contributed by atoms with E-state index in [1.165, 1.54) is 0 Å². The van der Waals surface area contributed by atoms with E-state index in [2.05, 4.69) is 37.2 Å². The topological polar surface area (TPSA) is 81.1 Å². The van der Waals surface area contributed by atoms with Crippen molar-refractivity contribution >= 4 is 49.3 Å². The minimum absolute atomic E-state index is 0.579. The van der Waals surface area contributed by atoms with E-state index in [0.717, 1.165) is 0 Å². The minimum Gasteiger partial charge on any atom is -0.397 e. The molecule has 0 saturated carbocycles. The Balaban J connectivity index is 3.06. The van der Waals surface area contributed by atoms with E-state index in [0.29, 0.717) is 20.3 Å². The number of nitrogens with two attached hydrogens (primary N) is 2. The summed E-state index contributed by atoms with van der Waals surface area (Å²) in [5.74, 6) is 0. The Bertz CT molecular complexity index is 331. The Morgan fingerprint density at radius 3 is 2.15 bits per heavy atom. The third kappa shape index (κ3) is 2.60. The number of nitrogen functional groups attached to an aromatic ring is 1. The fourth-order valence-corrected chi connectivity index (χ4v) is 1.99. The van der Waals surface area contributed by atoms with Crippen molar-refractivity contribution < 1.29 is 4.79 Å². The molecule has 0 atom stereocenters. The molecule has 4 nitrogen and oxygen atoms in total. The van der Waals surface area contributed by atoms with Gasteiger partial charge in [0.25, 0.3) is 0 Å². The van der Waals surface area contributed by atoms with Crippen LogP contribution in [0.4, 0.5) is 16.2 Å². The molecule has 0 aliphatic carbocycles. The molecule has 0 unspecified atom stereocenters. The number of halogens is 2. The van der Waals surface area contributed by atoms with Crippen LogP contribution in [0.5, 0.6) is 0 Å². The summed E-state index contributed by atoms with van der Waals surface area (Å²) in [6.07, 6.45) is 0. The summed E-state index contributed by atoms with van der Waals surface area (Å²) >= 11 is 6.48. The summed E-state index contributed by atoms with van der Waals surface area (Å²) in [6, 6.07) is 2.74. The van der Waals surface area contributed by atoms with Gasteiger partial charge >= 0.3 is 6.03 Å². The fourth-order valence-electron chi connectivity index (χ4n) is 0.799. The van der Waals surface area contributed by atoms with Crippen LogP contribution in [0.25, 0.3) is 0 Å². The highest BCUT2D eigenvalue weighted by Gasteiger charge is 2.04. The molecular formula is C7H7Br2N3O. The zero-order valence-corrected chi connectivity index (χ0v) is 9.65. The van der Waals surface area contributed by atoms with Crippen LogP contribution in [-0.4, -0.2) is 6.03 Å². The summed E-state index contributed by atoms with van der Waals surface area (Å²) in [6.45, 7) is 0. The molecule has 0 fully saturated rings. The molecule has 6 heteroatoms. The second-order valence-electron chi connectivity index (χ2n) is 2.34. The number of hydrogen-bond acceptors (Lipinski definition) is 2. The van der Waals surface area contributed by atoms with Crippen molar-refractivity contribution in [2.24, 2.45) is 5.73 Å². The lowest BCUT2D eigenvalue weighted by atomic mass is 10.3. The molecule has 1 rings (SSSR count). The van der Waals surface area contributed by atoms with E-state index in [1.807, 2.05) is 0 Å². The largest absolute Gasteiger partial charge is 0.397 e. The van der Waals surface area contributed by atoms with Crippen molar-refractivity contribution in [3.8, 4) is 0 Å². The lowest BCUT2D eigenvalue weighted by Crippen LogP contribution is -2.19. The molecule has 0 saturated heterocycles. The number of benzene rings is 1. The second kappa shape index (κ2) is 3.97. The quantitative estimate of drug-likeness (QED) is 0.696. The van der Waals surface area contributed by atoms with Crippen LogP contribution in [0.1, 0.15) is 0 Å². The molecule has 0 aliphatic heterocycles. The summed E-state index contributed by atoms with van der Waals surface area (Å²) in [5.41, 5.74) is 11.8. The van der Waals surface area contributed by atoms with Crippen LogP contribution in [-0.2, 0) is 0 Å². The molecule has 1 aromatic carbocycles. The van der Waals surface area contributed by atoms with Crippen LogP contribution >= 0.6 is 31.9 Å². The summed E-state index contributed by atoms with van der Waals surface area (Å²) in [4.78, 5) is 10.5. The number of urea groups is 1. The maximum Gasteiger partial charge on any atom is 0.316 e. The average Bonchev–Trinajstić information content (AvgIpc) is 1.98. The average molecular weight is 309 g/mol. The second-order valence-corrected chi connectivity index (χ2v) is 4.05. The third-order valence-corrected chi connectivity index (χ3v) is 2.66. The molecule has 0 heterocycles. The number of carbonyl (C=O) groups excluding carboxylic acids is 1. The highest BCUT2D eigenvalue weighted by Crippen LogP contribution is 2.31. The van der Waals surface area contributed by atoms with Crippen LogP contribution in [0, 0.1) is 0 Å². The molecule has 1 aromatic rings. The lowest BCUT2D eigenvalue weighted by Gasteiger charge is -2.06. The Morgan fingerprint density at radius 2 is 1.77 bits per heavy atom. The van der Waals surface area contributed by atoms with Gasteiger partial charge in [-0.3, -0.25) is 0 Å². The van der Waals surface area contributed by atoms with E-state index in [-0.39, 0.29) is 0 Å². The number of amides is 2. The fraction of sp³-hybridized carbons (Fsp3) is 0. The van der Waals surface area contributed by atoms with Crippen molar-refractivity contribution in [3.63, 3.8) is 0 Å². The van der Waals surface area contributed by atoms with Gasteiger partial charge in [-0.15, -0.1) is 0 Å². The number of carbonyl (C=O) groups is 1. The molecule has 0 aliphatic rings. The molecule has 5 N–H and O–H groups in total. The normalized spacial score (nSPS) is 9.69. The van der Waals surface area contributed by atoms with Crippen LogP contribution in [0.3, 0.4) is 0 Å². The maximum atomic E-state index is 10.5. The lowest BCUT2D eigenvalue weighted by molar-refractivity contribution is 0.259. The van der Waals surface area contributed by atoms with Gasteiger partial charge in [-0.1, -0.05) is 0 Å². The van der Waals surface area contributed by atoms with Gasteiger partial charge in [-0.05, 0) is 44.0 Å². The first kappa shape index (κ1) is 10.3. The predicted octanol–water partition coefficient (Wildman–Crippen LogP) is 2.28. The van der Waals surface area contributed by atoms with E-state index >= 15 is 0 Å². The van der Waals surface area contributed by atoms with Crippen molar-refractivity contribution in [2.45, 2.75) is 0 Å². The highest BCUT2D eigenvalue weighted by atomic mass is 79.9. The third-order valence-electron chi connectivity index (χ3n) is 1.35. The van der Waals surface area contributed by atoms with Crippen LogP contribution in [0.15, 0.2) is 21.1 Å². The Labute approximate surface area is 91.9 Å². The Hall–Kier alpha value is -0.750. The van der Waals surface area contributed by atoms with E-state index in [4.69, 9.17) is 11.5 Å². The van der Waals surface area contributed by atoms with Gasteiger partial charge in [0.2, 0.25) is 0 Å². The predicted molar refractivity (Wildman–Crippen MR) is 59.5 cm³/mol. The molecular weight excluding hydrogens is 302 g/mol. The first-order valence-electron chi connectivity index (χ1n) is 3.31. The number of anilines is 2.